The highest BCUT2D eigenvalue weighted by Gasteiger charge is 2.09. The number of pyridine rings is 1. The summed E-state index contributed by atoms with van der Waals surface area (Å²) in [4.78, 5) is 8.61. The van der Waals surface area contributed by atoms with E-state index in [-0.39, 0.29) is 0 Å². The molecule has 3 aromatic rings. The molecule has 102 valence electrons. The van der Waals surface area contributed by atoms with E-state index < -0.39 is 0 Å². The summed E-state index contributed by atoms with van der Waals surface area (Å²) in [6.07, 6.45) is 3.64. The van der Waals surface area contributed by atoms with Crippen molar-refractivity contribution in [2.75, 3.05) is 5.32 Å². The van der Waals surface area contributed by atoms with Crippen molar-refractivity contribution < 1.29 is 4.42 Å². The van der Waals surface area contributed by atoms with Gasteiger partial charge in [0.1, 0.15) is 5.52 Å². The Hall–Kier alpha value is -2.36. The predicted octanol–water partition coefficient (Wildman–Crippen LogP) is 3.96. The molecule has 0 fully saturated rings. The lowest BCUT2D eigenvalue weighted by atomic mass is 10.2. The highest BCUT2D eigenvalue weighted by atomic mass is 16.3. The zero-order valence-electron chi connectivity index (χ0n) is 11.6. The van der Waals surface area contributed by atoms with Crippen molar-refractivity contribution >= 4 is 16.8 Å². The number of hydrogen-bond donors (Lipinski definition) is 1. The van der Waals surface area contributed by atoms with Crippen LogP contribution < -0.4 is 5.32 Å². The van der Waals surface area contributed by atoms with Crippen LogP contribution in [0.25, 0.3) is 11.1 Å². The molecule has 4 nitrogen and oxygen atoms in total. The Balaban J connectivity index is 1.78. The molecule has 0 unspecified atom stereocenters. The van der Waals surface area contributed by atoms with Gasteiger partial charge < -0.3 is 9.73 Å². The summed E-state index contributed by atoms with van der Waals surface area (Å²) in [5.41, 5.74) is 3.91. The van der Waals surface area contributed by atoms with E-state index in [0.29, 0.717) is 5.92 Å². The lowest BCUT2D eigenvalue weighted by Crippen LogP contribution is -1.99. The summed E-state index contributed by atoms with van der Waals surface area (Å²) >= 11 is 0. The van der Waals surface area contributed by atoms with Crippen molar-refractivity contribution in [3.8, 4) is 0 Å². The van der Waals surface area contributed by atoms with Crippen LogP contribution in [0.4, 0.5) is 5.69 Å². The first-order valence-electron chi connectivity index (χ1n) is 6.75. The lowest BCUT2D eigenvalue weighted by molar-refractivity contribution is 0.501. The Bertz CT molecular complexity index is 704. The fourth-order valence-electron chi connectivity index (χ4n) is 2.01. The van der Waals surface area contributed by atoms with Gasteiger partial charge in [0.2, 0.25) is 0 Å². The van der Waals surface area contributed by atoms with Crippen molar-refractivity contribution in [3.05, 3.63) is 54.2 Å². The molecular weight excluding hydrogens is 250 g/mol. The monoisotopic (exact) mass is 267 g/mol. The second kappa shape index (κ2) is 5.33. The van der Waals surface area contributed by atoms with E-state index in [1.54, 1.807) is 6.20 Å². The minimum absolute atomic E-state index is 0.300. The molecule has 0 amide bonds. The van der Waals surface area contributed by atoms with Crippen LogP contribution in [0.2, 0.25) is 0 Å². The molecule has 3 rings (SSSR count). The molecule has 0 saturated carbocycles. The van der Waals surface area contributed by atoms with Crippen LogP contribution in [0.1, 0.15) is 31.2 Å². The summed E-state index contributed by atoms with van der Waals surface area (Å²) in [5.74, 6) is 1.08. The molecule has 0 spiro atoms. The topological polar surface area (TPSA) is 51.0 Å². The van der Waals surface area contributed by atoms with E-state index in [1.165, 1.54) is 0 Å². The molecule has 2 aromatic heterocycles. The highest BCUT2D eigenvalue weighted by Crippen LogP contribution is 2.23. The molecule has 2 heterocycles. The van der Waals surface area contributed by atoms with Crippen molar-refractivity contribution in [2.24, 2.45) is 0 Å². The van der Waals surface area contributed by atoms with E-state index in [9.17, 15) is 0 Å². The molecule has 0 aliphatic heterocycles. The fourth-order valence-corrected chi connectivity index (χ4v) is 2.01. The minimum Gasteiger partial charge on any atom is -0.440 e. The fraction of sp³-hybridized carbons (Fsp3) is 0.250. The normalized spacial score (nSPS) is 11.2. The predicted molar refractivity (Wildman–Crippen MR) is 79.7 cm³/mol. The molecule has 1 N–H and O–H groups in total. The van der Waals surface area contributed by atoms with Crippen molar-refractivity contribution in [3.63, 3.8) is 0 Å². The third kappa shape index (κ3) is 2.64. The average molecular weight is 267 g/mol. The van der Waals surface area contributed by atoms with Crippen molar-refractivity contribution in [1.82, 2.24) is 9.97 Å². The molecule has 1 aromatic carbocycles. The SMILES string of the molecule is CC(C)c1nc2cc(NCc3cccnc3)ccc2o1. The average Bonchev–Trinajstić information content (AvgIpc) is 2.89. The third-order valence-corrected chi connectivity index (χ3v) is 3.12. The number of oxazole rings is 1. The van der Waals surface area contributed by atoms with Gasteiger partial charge in [0.25, 0.3) is 0 Å². The van der Waals surface area contributed by atoms with Gasteiger partial charge in [0.05, 0.1) is 0 Å². The quantitative estimate of drug-likeness (QED) is 0.777. The van der Waals surface area contributed by atoms with E-state index in [4.69, 9.17) is 4.42 Å². The molecule has 0 aliphatic carbocycles. The van der Waals surface area contributed by atoms with Crippen LogP contribution in [-0.4, -0.2) is 9.97 Å². The first-order valence-corrected chi connectivity index (χ1v) is 6.75. The van der Waals surface area contributed by atoms with Crippen LogP contribution in [0.15, 0.2) is 47.1 Å². The first kappa shape index (κ1) is 12.7. The molecule has 0 radical (unpaired) electrons. The smallest absolute Gasteiger partial charge is 0.198 e. The molecule has 20 heavy (non-hydrogen) atoms. The third-order valence-electron chi connectivity index (χ3n) is 3.12. The van der Waals surface area contributed by atoms with E-state index in [2.05, 4.69) is 29.1 Å². The minimum atomic E-state index is 0.300. The van der Waals surface area contributed by atoms with Crippen LogP contribution in [0, 0.1) is 0 Å². The second-order valence-corrected chi connectivity index (χ2v) is 5.10. The Kier molecular flexibility index (Phi) is 3.37. The van der Waals surface area contributed by atoms with Gasteiger partial charge in [-0.25, -0.2) is 4.98 Å². The maximum atomic E-state index is 5.70. The first-order chi connectivity index (χ1) is 9.72. The number of anilines is 1. The van der Waals surface area contributed by atoms with Gasteiger partial charge in [-0.2, -0.15) is 0 Å². The summed E-state index contributed by atoms with van der Waals surface area (Å²) < 4.78 is 5.70. The number of nitrogens with one attached hydrogen (secondary N) is 1. The number of benzene rings is 1. The number of aromatic nitrogens is 2. The Morgan fingerprint density at radius 1 is 1.25 bits per heavy atom. The molecule has 0 bridgehead atoms. The molecule has 0 aliphatic rings. The van der Waals surface area contributed by atoms with Gasteiger partial charge in [-0.05, 0) is 29.8 Å². The van der Waals surface area contributed by atoms with Gasteiger partial charge >= 0.3 is 0 Å². The van der Waals surface area contributed by atoms with Crippen molar-refractivity contribution in [2.45, 2.75) is 26.3 Å². The number of hydrogen-bond acceptors (Lipinski definition) is 4. The van der Waals surface area contributed by atoms with Crippen molar-refractivity contribution in [1.29, 1.82) is 0 Å². The molecular formula is C16H17N3O. The molecule has 4 heteroatoms. The Labute approximate surface area is 117 Å². The van der Waals surface area contributed by atoms with E-state index >= 15 is 0 Å². The number of nitrogens with zero attached hydrogens (tertiary/aromatic N) is 2. The standard InChI is InChI=1S/C16H17N3O/c1-11(2)16-19-14-8-13(5-6-15(14)20-16)18-10-12-4-3-7-17-9-12/h3-9,11,18H,10H2,1-2H3. The largest absolute Gasteiger partial charge is 0.440 e. The van der Waals surface area contributed by atoms with E-state index in [1.807, 2.05) is 36.5 Å². The summed E-state index contributed by atoms with van der Waals surface area (Å²) in [6.45, 7) is 4.90. The van der Waals surface area contributed by atoms with Crippen LogP contribution in [0.5, 0.6) is 0 Å². The summed E-state index contributed by atoms with van der Waals surface area (Å²) in [5, 5.41) is 3.37. The van der Waals surface area contributed by atoms with Gasteiger partial charge in [0, 0.05) is 30.5 Å². The Morgan fingerprint density at radius 2 is 2.15 bits per heavy atom. The zero-order chi connectivity index (χ0) is 13.9. The lowest BCUT2D eigenvalue weighted by Gasteiger charge is -2.05. The second-order valence-electron chi connectivity index (χ2n) is 5.10. The van der Waals surface area contributed by atoms with Gasteiger partial charge in [-0.15, -0.1) is 0 Å². The zero-order valence-corrected chi connectivity index (χ0v) is 11.6. The number of rotatable bonds is 4. The van der Waals surface area contributed by atoms with Gasteiger partial charge in [0.15, 0.2) is 11.5 Å². The highest BCUT2D eigenvalue weighted by molar-refractivity contribution is 5.77. The summed E-state index contributed by atoms with van der Waals surface area (Å²) in [6, 6.07) is 9.97. The maximum absolute atomic E-state index is 5.70. The van der Waals surface area contributed by atoms with E-state index in [0.717, 1.165) is 34.8 Å². The molecule has 0 atom stereocenters. The van der Waals surface area contributed by atoms with Crippen LogP contribution in [-0.2, 0) is 6.54 Å². The van der Waals surface area contributed by atoms with Gasteiger partial charge in [-0.3, -0.25) is 4.98 Å². The number of fused-ring (bicyclic) bond motifs is 1. The molecule has 0 saturated heterocycles. The van der Waals surface area contributed by atoms with Crippen LogP contribution in [0.3, 0.4) is 0 Å². The van der Waals surface area contributed by atoms with Crippen LogP contribution >= 0.6 is 0 Å². The van der Waals surface area contributed by atoms with Gasteiger partial charge in [-0.1, -0.05) is 19.9 Å². The Morgan fingerprint density at radius 3 is 2.90 bits per heavy atom. The summed E-state index contributed by atoms with van der Waals surface area (Å²) in [7, 11) is 0. The maximum Gasteiger partial charge on any atom is 0.198 e.